The van der Waals surface area contributed by atoms with Crippen molar-refractivity contribution in [3.63, 3.8) is 0 Å². The van der Waals surface area contributed by atoms with Gasteiger partial charge in [-0.3, -0.25) is 0 Å². The fourth-order valence-corrected chi connectivity index (χ4v) is 3.34. The molecule has 2 aliphatic rings. The second-order valence-corrected chi connectivity index (χ2v) is 7.04. The number of rotatable bonds is 3. The Labute approximate surface area is 181 Å². The Morgan fingerprint density at radius 3 is 2.75 bits per heavy atom. The van der Waals surface area contributed by atoms with Crippen LogP contribution in [0.3, 0.4) is 0 Å². The highest BCUT2D eigenvalue weighted by atomic mass is 19.4. The maximum Gasteiger partial charge on any atom is 0.417 e. The van der Waals surface area contributed by atoms with Gasteiger partial charge < -0.3 is 26.0 Å². The first kappa shape index (κ1) is 21.4. The third kappa shape index (κ3) is 4.73. The lowest BCUT2D eigenvalue weighted by atomic mass is 10.0. The number of guanidine groups is 1. The fraction of sp³-hybridized carbons (Fsp3) is 0.300. The van der Waals surface area contributed by atoms with Crippen molar-refractivity contribution in [3.8, 4) is 6.07 Å². The Morgan fingerprint density at radius 2 is 2.03 bits per heavy atom. The summed E-state index contributed by atoms with van der Waals surface area (Å²) in [6, 6.07) is 5.90. The Bertz CT molecular complexity index is 1100. The van der Waals surface area contributed by atoms with Crippen LogP contribution in [0.1, 0.15) is 16.7 Å². The Morgan fingerprint density at radius 1 is 1.25 bits per heavy atom. The monoisotopic (exact) mass is 444 g/mol. The number of hydrogen-bond donors (Lipinski definition) is 3. The molecule has 4 rings (SSSR count). The largest absolute Gasteiger partial charge is 0.417 e. The van der Waals surface area contributed by atoms with Gasteiger partial charge >= 0.3 is 6.18 Å². The SMILES string of the molecule is N#Cc1ccnc(NC2C=C(c3cnc(N)cc3C(F)(F)F)NC(N3CCOCC3)=N2)c1. The molecule has 12 heteroatoms. The first-order chi connectivity index (χ1) is 15.3. The average Bonchev–Trinajstić information content (AvgIpc) is 2.79. The second kappa shape index (κ2) is 8.72. The number of nitrogens with two attached hydrogens (primary N) is 1. The molecule has 4 N–H and O–H groups in total. The minimum absolute atomic E-state index is 0.155. The first-order valence-corrected chi connectivity index (χ1v) is 9.68. The fourth-order valence-electron chi connectivity index (χ4n) is 3.34. The molecule has 166 valence electrons. The summed E-state index contributed by atoms with van der Waals surface area (Å²) >= 11 is 0. The van der Waals surface area contributed by atoms with Crippen LogP contribution in [-0.2, 0) is 10.9 Å². The summed E-state index contributed by atoms with van der Waals surface area (Å²) in [6.45, 7) is 2.00. The van der Waals surface area contributed by atoms with Crippen LogP contribution < -0.4 is 16.4 Å². The van der Waals surface area contributed by atoms with E-state index in [4.69, 9.17) is 15.7 Å². The molecule has 0 aliphatic carbocycles. The van der Waals surface area contributed by atoms with Crippen molar-refractivity contribution in [2.45, 2.75) is 12.3 Å². The Hall–Kier alpha value is -3.85. The number of nitriles is 1. The number of ether oxygens (including phenoxy) is 1. The van der Waals surface area contributed by atoms with Gasteiger partial charge in [0.15, 0.2) is 0 Å². The van der Waals surface area contributed by atoms with Crippen molar-refractivity contribution >= 4 is 23.3 Å². The molecule has 1 fully saturated rings. The van der Waals surface area contributed by atoms with Crippen molar-refractivity contribution in [2.75, 3.05) is 37.4 Å². The van der Waals surface area contributed by atoms with Gasteiger partial charge in [0, 0.05) is 31.0 Å². The molecule has 2 aliphatic heterocycles. The van der Waals surface area contributed by atoms with E-state index >= 15 is 0 Å². The van der Waals surface area contributed by atoms with Crippen LogP contribution in [-0.4, -0.2) is 53.3 Å². The molecule has 0 bridgehead atoms. The molecule has 2 aromatic rings. The average molecular weight is 444 g/mol. The normalized spacial score (nSPS) is 18.8. The van der Waals surface area contributed by atoms with Gasteiger partial charge in [0.2, 0.25) is 5.96 Å². The number of aliphatic imine (C=N–C) groups is 1. The highest BCUT2D eigenvalue weighted by molar-refractivity contribution is 5.92. The summed E-state index contributed by atoms with van der Waals surface area (Å²) < 4.78 is 46.5. The number of nitrogens with zero attached hydrogens (tertiary/aromatic N) is 5. The highest BCUT2D eigenvalue weighted by Crippen LogP contribution is 2.35. The van der Waals surface area contributed by atoms with Gasteiger partial charge in [-0.1, -0.05) is 0 Å². The van der Waals surface area contributed by atoms with Crippen molar-refractivity contribution in [2.24, 2.45) is 4.99 Å². The number of alkyl halides is 3. The van der Waals surface area contributed by atoms with Crippen molar-refractivity contribution in [1.29, 1.82) is 5.26 Å². The lowest BCUT2D eigenvalue weighted by Gasteiger charge is -2.34. The molecule has 1 saturated heterocycles. The number of nitrogen functional groups attached to an aromatic ring is 1. The molecule has 4 heterocycles. The highest BCUT2D eigenvalue weighted by Gasteiger charge is 2.36. The predicted molar refractivity (Wildman–Crippen MR) is 111 cm³/mol. The van der Waals surface area contributed by atoms with Crippen LogP contribution in [0.15, 0.2) is 41.7 Å². The van der Waals surface area contributed by atoms with Crippen LogP contribution in [0.2, 0.25) is 0 Å². The van der Waals surface area contributed by atoms with E-state index in [0.717, 1.165) is 12.3 Å². The minimum Gasteiger partial charge on any atom is -0.384 e. The molecule has 0 saturated carbocycles. The number of morpholine rings is 1. The topological polar surface area (TPSA) is 124 Å². The van der Waals surface area contributed by atoms with Gasteiger partial charge in [-0.05, 0) is 24.3 Å². The number of nitrogens with one attached hydrogen (secondary N) is 2. The van der Waals surface area contributed by atoms with Gasteiger partial charge in [0.1, 0.15) is 17.8 Å². The van der Waals surface area contributed by atoms with E-state index < -0.39 is 17.9 Å². The van der Waals surface area contributed by atoms with Crippen LogP contribution >= 0.6 is 0 Å². The van der Waals surface area contributed by atoms with E-state index in [1.165, 1.54) is 18.3 Å². The molecule has 1 atom stereocenters. The van der Waals surface area contributed by atoms with E-state index in [1.54, 1.807) is 6.07 Å². The summed E-state index contributed by atoms with van der Waals surface area (Å²) in [6.07, 6.45) is -1.32. The molecular weight excluding hydrogens is 425 g/mol. The van der Waals surface area contributed by atoms with E-state index in [9.17, 15) is 13.2 Å². The number of halogens is 3. The van der Waals surface area contributed by atoms with E-state index in [0.29, 0.717) is 43.6 Å². The van der Waals surface area contributed by atoms with E-state index in [1.807, 2.05) is 11.0 Å². The Kier molecular flexibility index (Phi) is 5.83. The molecule has 0 radical (unpaired) electrons. The third-order valence-corrected chi connectivity index (χ3v) is 4.85. The second-order valence-electron chi connectivity index (χ2n) is 7.04. The minimum atomic E-state index is -4.63. The van der Waals surface area contributed by atoms with E-state index in [-0.39, 0.29) is 17.1 Å². The number of hydrogen-bond acceptors (Lipinski definition) is 9. The van der Waals surface area contributed by atoms with Crippen LogP contribution in [0.5, 0.6) is 0 Å². The van der Waals surface area contributed by atoms with E-state index in [2.05, 4.69) is 25.6 Å². The summed E-state index contributed by atoms with van der Waals surface area (Å²) in [4.78, 5) is 14.5. The zero-order chi connectivity index (χ0) is 22.7. The summed E-state index contributed by atoms with van der Waals surface area (Å²) in [5.41, 5.74) is 5.01. The molecule has 0 spiro atoms. The maximum atomic E-state index is 13.7. The zero-order valence-electron chi connectivity index (χ0n) is 16.7. The quantitative estimate of drug-likeness (QED) is 0.657. The van der Waals surface area contributed by atoms with Gasteiger partial charge in [0.05, 0.1) is 36.1 Å². The van der Waals surface area contributed by atoms with Crippen molar-refractivity contribution < 1.29 is 17.9 Å². The number of aromatic nitrogens is 2. The standard InChI is InChI=1S/C20H19F3N8O/c21-20(22,23)14-8-16(25)27-11-13(14)15-9-18(29-17-7-12(10-24)1-2-26-17)30-19(28-15)31-3-5-32-6-4-31/h1-2,7-9,11,18H,3-6H2,(H2,25,27)(H,26,29)(H,28,30). The summed E-state index contributed by atoms with van der Waals surface area (Å²) in [5.74, 6) is 0.527. The van der Waals surface area contributed by atoms with Crippen LogP contribution in [0.25, 0.3) is 5.70 Å². The van der Waals surface area contributed by atoms with Gasteiger partial charge in [-0.2, -0.15) is 18.4 Å². The lowest BCUT2D eigenvalue weighted by molar-refractivity contribution is -0.137. The molecule has 0 amide bonds. The Balaban J connectivity index is 1.72. The predicted octanol–water partition coefficient (Wildman–Crippen LogP) is 2.02. The molecular formula is C20H19F3N8O. The van der Waals surface area contributed by atoms with Gasteiger partial charge in [0.25, 0.3) is 0 Å². The van der Waals surface area contributed by atoms with Crippen LogP contribution in [0, 0.1) is 11.3 Å². The first-order valence-electron chi connectivity index (χ1n) is 9.68. The maximum absolute atomic E-state index is 13.7. The van der Waals surface area contributed by atoms with Crippen molar-refractivity contribution in [3.05, 3.63) is 53.4 Å². The van der Waals surface area contributed by atoms with Gasteiger partial charge in [-0.15, -0.1) is 0 Å². The third-order valence-electron chi connectivity index (χ3n) is 4.85. The summed E-state index contributed by atoms with van der Waals surface area (Å²) in [5, 5.41) is 15.1. The molecule has 2 aromatic heterocycles. The summed E-state index contributed by atoms with van der Waals surface area (Å²) in [7, 11) is 0. The smallest absolute Gasteiger partial charge is 0.384 e. The number of pyridine rings is 2. The molecule has 9 nitrogen and oxygen atoms in total. The zero-order valence-corrected chi connectivity index (χ0v) is 16.7. The molecule has 1 unspecified atom stereocenters. The number of anilines is 2. The van der Waals surface area contributed by atoms with Crippen molar-refractivity contribution in [1.82, 2.24) is 20.2 Å². The van der Waals surface area contributed by atoms with Crippen LogP contribution in [0.4, 0.5) is 24.8 Å². The molecule has 32 heavy (non-hydrogen) atoms. The molecule has 0 aromatic carbocycles. The lowest BCUT2D eigenvalue weighted by Crippen LogP contribution is -2.49. The van der Waals surface area contributed by atoms with Gasteiger partial charge in [-0.25, -0.2) is 15.0 Å².